The first kappa shape index (κ1) is 18.6. The Morgan fingerprint density at radius 2 is 1.35 bits per heavy atom. The quantitative estimate of drug-likeness (QED) is 0.192. The van der Waals surface area contributed by atoms with Gasteiger partial charge in [0.2, 0.25) is 18.2 Å². The molecular weight excluding hydrogens is 253 g/mol. The molecule has 0 spiro atoms. The zero-order valence-electron chi connectivity index (χ0n) is 10.2. The van der Waals surface area contributed by atoms with E-state index in [1.807, 2.05) is 0 Å². The minimum atomic E-state index is -0.522. The van der Waals surface area contributed by atoms with E-state index in [9.17, 15) is 9.59 Å². The third kappa shape index (κ3) is 8.02. The fourth-order valence-electron chi connectivity index (χ4n) is 0.799. The normalized spacial score (nSPS) is 7.82. The Morgan fingerprint density at radius 1 is 1.12 bits per heavy atom. The summed E-state index contributed by atoms with van der Waals surface area (Å²) in [5, 5.41) is 7.26. The number of carbonyl (C=O) groups excluding carboxylic acids is 3. The van der Waals surface area contributed by atoms with Crippen molar-refractivity contribution in [3.05, 3.63) is 35.4 Å². The summed E-state index contributed by atoms with van der Waals surface area (Å²) in [6.07, 6.45) is 0.181. The zero-order valence-corrected chi connectivity index (χ0v) is 12.3. The van der Waals surface area contributed by atoms with Crippen LogP contribution < -0.4 is 68.3 Å². The van der Waals surface area contributed by atoms with Gasteiger partial charge >= 0.3 is 51.4 Å². The van der Waals surface area contributed by atoms with Crippen LogP contribution in [0.4, 0.5) is 0 Å². The van der Waals surface area contributed by atoms with Gasteiger partial charge < -0.3 is 12.9 Å². The van der Waals surface area contributed by atoms with E-state index < -0.39 is 11.8 Å². The molecule has 0 aromatic heterocycles. The van der Waals surface area contributed by atoms with E-state index in [2.05, 4.69) is 0 Å². The topological polar surface area (TPSA) is 136 Å². The molecule has 1 aromatic rings. The maximum absolute atomic E-state index is 10.6. The van der Waals surface area contributed by atoms with Crippen LogP contribution in [0.1, 0.15) is 22.1 Å². The Morgan fingerprint density at radius 3 is 1.47 bits per heavy atom. The van der Waals surface area contributed by atoms with Crippen LogP contribution in [-0.2, 0) is 4.79 Å². The average molecular weight is 265 g/mol. The Bertz CT molecular complexity index is 353. The number of hydrogen-bond acceptors (Lipinski definition) is 4. The first-order valence-electron chi connectivity index (χ1n) is 4.05. The molecule has 0 aliphatic rings. The number of nitrogens with one attached hydrogen (secondary N) is 1. The molecule has 0 unspecified atom stereocenters. The number of carbonyl (C=O) groups is 3. The van der Waals surface area contributed by atoms with Gasteiger partial charge in [0, 0.05) is 11.1 Å². The van der Waals surface area contributed by atoms with E-state index in [0.29, 0.717) is 11.1 Å². The molecule has 3 amide bonds. The summed E-state index contributed by atoms with van der Waals surface area (Å²) < 4.78 is 0. The van der Waals surface area contributed by atoms with Gasteiger partial charge in [-0.25, -0.2) is 5.48 Å². The van der Waals surface area contributed by atoms with Crippen molar-refractivity contribution in [1.29, 1.82) is 0 Å². The fraction of sp³-hybridized carbons (Fsp3) is 0. The van der Waals surface area contributed by atoms with Gasteiger partial charge in [-0.05, 0) is 24.3 Å². The molecular formula is C9H12KN3O4. The largest absolute Gasteiger partial charge is 1.00 e. The molecule has 0 fully saturated rings. The monoisotopic (exact) mass is 265 g/mol. The molecule has 0 aliphatic heterocycles. The van der Waals surface area contributed by atoms with Crippen molar-refractivity contribution in [3.63, 3.8) is 0 Å². The van der Waals surface area contributed by atoms with Gasteiger partial charge in [0.25, 0.3) is 0 Å². The van der Waals surface area contributed by atoms with E-state index in [1.54, 1.807) is 0 Å². The number of amides is 3. The van der Waals surface area contributed by atoms with Crippen LogP contribution in [0.3, 0.4) is 0 Å². The van der Waals surface area contributed by atoms with Crippen molar-refractivity contribution >= 4 is 18.2 Å². The third-order valence-corrected chi connectivity index (χ3v) is 1.51. The van der Waals surface area contributed by atoms with Crippen LogP contribution in [0.5, 0.6) is 0 Å². The van der Waals surface area contributed by atoms with Crippen LogP contribution in [-0.4, -0.2) is 23.4 Å². The molecule has 88 valence electrons. The maximum Gasteiger partial charge on any atom is 1.00 e. The SMILES string of the molecule is NC(=O)c1ccc(C(N)=O)cc1.O=CNO.[H-].[K+]. The minimum Gasteiger partial charge on any atom is -1.00 e. The van der Waals surface area contributed by atoms with Crippen molar-refractivity contribution in [3.8, 4) is 0 Å². The van der Waals surface area contributed by atoms with E-state index >= 15 is 0 Å². The Hall–Kier alpha value is -0.774. The standard InChI is InChI=1S/C8H8N2O2.CH3NO2.K.H/c9-7(11)5-1-2-6(4-3-5)8(10)12;3-1-2-4;;/h1-4H,(H2,9,11)(H2,10,12);1,4H,(H,2,3);;/q;;+1;-1. The molecule has 7 nitrogen and oxygen atoms in total. The van der Waals surface area contributed by atoms with Crippen molar-refractivity contribution in [2.24, 2.45) is 11.5 Å². The van der Waals surface area contributed by atoms with Crippen LogP contribution in [0.25, 0.3) is 0 Å². The average Bonchev–Trinajstić information content (AvgIpc) is 2.29. The number of hydrogen-bond donors (Lipinski definition) is 4. The van der Waals surface area contributed by atoms with Crippen LogP contribution in [0, 0.1) is 0 Å². The molecule has 6 N–H and O–H groups in total. The van der Waals surface area contributed by atoms with Gasteiger partial charge in [-0.3, -0.25) is 19.6 Å². The van der Waals surface area contributed by atoms with Gasteiger partial charge in [0.15, 0.2) is 0 Å². The van der Waals surface area contributed by atoms with E-state index in [4.69, 9.17) is 21.5 Å². The van der Waals surface area contributed by atoms with Crippen molar-refractivity contribution in [2.75, 3.05) is 0 Å². The molecule has 1 aromatic carbocycles. The first-order valence-corrected chi connectivity index (χ1v) is 4.05. The maximum atomic E-state index is 10.6. The first-order chi connectivity index (χ1) is 7.52. The van der Waals surface area contributed by atoms with Gasteiger partial charge in [0.1, 0.15) is 0 Å². The second-order valence-electron chi connectivity index (χ2n) is 2.55. The summed E-state index contributed by atoms with van der Waals surface area (Å²) >= 11 is 0. The van der Waals surface area contributed by atoms with Crippen molar-refractivity contribution in [2.45, 2.75) is 0 Å². The van der Waals surface area contributed by atoms with Crippen molar-refractivity contribution < 1.29 is 72.4 Å². The molecule has 1 rings (SSSR count). The van der Waals surface area contributed by atoms with Crippen molar-refractivity contribution in [1.82, 2.24) is 5.48 Å². The van der Waals surface area contributed by atoms with E-state index in [0.717, 1.165) is 0 Å². The molecule has 0 saturated heterocycles. The predicted octanol–water partition coefficient (Wildman–Crippen LogP) is -3.88. The van der Waals surface area contributed by atoms with Crippen LogP contribution in [0.15, 0.2) is 24.3 Å². The molecule has 0 bridgehead atoms. The minimum absolute atomic E-state index is 0. The fourth-order valence-corrected chi connectivity index (χ4v) is 0.799. The Balaban J connectivity index is -0.000000332. The summed E-state index contributed by atoms with van der Waals surface area (Å²) in [4.78, 5) is 30.0. The smallest absolute Gasteiger partial charge is 1.00 e. The Kier molecular flexibility index (Phi) is 11.4. The second-order valence-corrected chi connectivity index (χ2v) is 2.55. The number of primary amides is 2. The molecule has 0 aliphatic carbocycles. The number of benzene rings is 1. The number of nitrogens with two attached hydrogens (primary N) is 2. The molecule has 8 heteroatoms. The molecule has 0 saturated carbocycles. The number of rotatable bonds is 3. The molecule has 0 atom stereocenters. The summed E-state index contributed by atoms with van der Waals surface area (Å²) in [5.41, 5.74) is 11.9. The molecule has 17 heavy (non-hydrogen) atoms. The molecule has 0 radical (unpaired) electrons. The number of hydroxylamine groups is 1. The zero-order chi connectivity index (χ0) is 12.6. The summed E-state index contributed by atoms with van der Waals surface area (Å²) in [5.74, 6) is -1.04. The summed E-state index contributed by atoms with van der Waals surface area (Å²) in [7, 11) is 0. The van der Waals surface area contributed by atoms with Gasteiger partial charge in [0.05, 0.1) is 0 Å². The third-order valence-electron chi connectivity index (χ3n) is 1.51. The van der Waals surface area contributed by atoms with Crippen LogP contribution >= 0.6 is 0 Å². The van der Waals surface area contributed by atoms with Gasteiger partial charge in [-0.2, -0.15) is 0 Å². The molecule has 0 heterocycles. The predicted molar refractivity (Wildman–Crippen MR) is 55.6 cm³/mol. The van der Waals surface area contributed by atoms with E-state index in [1.165, 1.54) is 29.7 Å². The van der Waals surface area contributed by atoms with E-state index in [-0.39, 0.29) is 59.2 Å². The summed E-state index contributed by atoms with van der Waals surface area (Å²) in [6, 6.07) is 5.84. The Labute approximate surface area is 141 Å². The van der Waals surface area contributed by atoms with Crippen LogP contribution in [0.2, 0.25) is 0 Å². The summed E-state index contributed by atoms with van der Waals surface area (Å²) in [6.45, 7) is 0. The van der Waals surface area contributed by atoms with Gasteiger partial charge in [-0.1, -0.05) is 0 Å². The van der Waals surface area contributed by atoms with Gasteiger partial charge in [-0.15, -0.1) is 0 Å². The second kappa shape index (κ2) is 10.4.